The summed E-state index contributed by atoms with van der Waals surface area (Å²) in [6.45, 7) is 1.74. The van der Waals surface area contributed by atoms with Crippen molar-refractivity contribution in [1.29, 1.82) is 0 Å². The number of nitrogens with zero attached hydrogens (tertiary/aromatic N) is 1. The van der Waals surface area contributed by atoms with Crippen molar-refractivity contribution in [2.24, 2.45) is 5.92 Å². The third kappa shape index (κ3) is 3.11. The minimum absolute atomic E-state index is 0.301. The van der Waals surface area contributed by atoms with E-state index in [1.807, 2.05) is 6.08 Å². The van der Waals surface area contributed by atoms with E-state index in [0.717, 1.165) is 58.0 Å². The number of carboxylic acids is 1. The van der Waals surface area contributed by atoms with Crippen LogP contribution in [0.25, 0.3) is 0 Å². The van der Waals surface area contributed by atoms with Crippen LogP contribution in [-0.2, 0) is 14.4 Å². The van der Waals surface area contributed by atoms with Gasteiger partial charge in [0.25, 0.3) is 0 Å². The van der Waals surface area contributed by atoms with Gasteiger partial charge in [-0.2, -0.15) is 0 Å². The molecule has 132 valence electrons. The summed E-state index contributed by atoms with van der Waals surface area (Å²) in [7, 11) is 0. The Labute approximate surface area is 142 Å². The molecule has 3 aliphatic rings. The molecule has 3 unspecified atom stereocenters. The van der Waals surface area contributed by atoms with Crippen LogP contribution >= 0.6 is 0 Å². The standard InChI is InChI=1S/C18H26N2O4/c21-15-13-9-6-4-2-1-3-5-7-11-20-12-8-10-14(20)16(22)19-18(13,15)17(23)24/h6,9,13-14H,1-5,7-8,10-12H2,(H,19,22)(H,23,24). The molecule has 1 aliphatic carbocycles. The molecular formula is C18H26N2O4. The van der Waals surface area contributed by atoms with E-state index in [9.17, 15) is 19.5 Å². The molecule has 6 nitrogen and oxygen atoms in total. The van der Waals surface area contributed by atoms with Crippen LogP contribution in [0.3, 0.4) is 0 Å². The van der Waals surface area contributed by atoms with Crippen LogP contribution < -0.4 is 5.32 Å². The monoisotopic (exact) mass is 334 g/mol. The Morgan fingerprint density at radius 1 is 1.12 bits per heavy atom. The average molecular weight is 334 g/mol. The van der Waals surface area contributed by atoms with Gasteiger partial charge in [0.15, 0.2) is 5.78 Å². The molecule has 6 heteroatoms. The van der Waals surface area contributed by atoms with E-state index in [2.05, 4.69) is 10.2 Å². The van der Waals surface area contributed by atoms with Gasteiger partial charge in [-0.3, -0.25) is 14.5 Å². The molecule has 0 bridgehead atoms. The van der Waals surface area contributed by atoms with Gasteiger partial charge in [-0.25, -0.2) is 4.79 Å². The minimum atomic E-state index is -1.73. The number of carbonyl (C=O) groups excluding carboxylic acids is 2. The Balaban J connectivity index is 1.78. The number of carboxylic acid groups (broad SMARTS) is 1. The maximum Gasteiger partial charge on any atom is 0.338 e. The third-order valence-electron chi connectivity index (χ3n) is 5.52. The summed E-state index contributed by atoms with van der Waals surface area (Å²) in [6.07, 6.45) is 11.7. The lowest BCUT2D eigenvalue weighted by molar-refractivity contribution is -0.145. The molecule has 0 aromatic carbocycles. The van der Waals surface area contributed by atoms with Crippen molar-refractivity contribution in [3.63, 3.8) is 0 Å². The first-order chi connectivity index (χ1) is 11.6. The molecule has 3 rings (SSSR count). The Hall–Kier alpha value is -1.69. The molecule has 2 aliphatic heterocycles. The first kappa shape index (κ1) is 17.1. The summed E-state index contributed by atoms with van der Waals surface area (Å²) >= 11 is 0. The number of allylic oxidation sites excluding steroid dienone is 1. The molecule has 0 spiro atoms. The van der Waals surface area contributed by atoms with Crippen molar-refractivity contribution in [3.8, 4) is 0 Å². The highest BCUT2D eigenvalue weighted by Crippen LogP contribution is 2.41. The highest BCUT2D eigenvalue weighted by atomic mass is 16.4. The summed E-state index contributed by atoms with van der Waals surface area (Å²) in [5.74, 6) is -2.69. The number of rotatable bonds is 1. The minimum Gasteiger partial charge on any atom is -0.479 e. The summed E-state index contributed by atoms with van der Waals surface area (Å²) in [5.41, 5.74) is -1.73. The second-order valence-corrected chi connectivity index (χ2v) is 7.12. The predicted octanol–water partition coefficient (Wildman–Crippen LogP) is 1.50. The van der Waals surface area contributed by atoms with Gasteiger partial charge in [-0.1, -0.05) is 31.4 Å². The first-order valence-electron chi connectivity index (χ1n) is 9.08. The molecular weight excluding hydrogens is 308 g/mol. The van der Waals surface area contributed by atoms with Crippen molar-refractivity contribution in [2.45, 2.75) is 62.9 Å². The number of carbonyl (C=O) groups is 3. The lowest BCUT2D eigenvalue weighted by atomic mass is 10.1. The molecule has 1 amide bonds. The zero-order valence-corrected chi connectivity index (χ0v) is 14.0. The molecule has 1 saturated heterocycles. The van der Waals surface area contributed by atoms with Gasteiger partial charge >= 0.3 is 5.97 Å². The fourth-order valence-corrected chi connectivity index (χ4v) is 4.00. The van der Waals surface area contributed by atoms with Crippen molar-refractivity contribution < 1.29 is 19.5 Å². The van der Waals surface area contributed by atoms with E-state index in [0.29, 0.717) is 0 Å². The Bertz CT molecular complexity index is 559. The number of hydrogen-bond acceptors (Lipinski definition) is 4. The molecule has 2 heterocycles. The number of amides is 1. The lowest BCUT2D eigenvalue weighted by Crippen LogP contribution is -2.53. The molecule has 2 N–H and O–H groups in total. The zero-order chi connectivity index (χ0) is 17.2. The summed E-state index contributed by atoms with van der Waals surface area (Å²) in [6, 6.07) is -0.301. The summed E-state index contributed by atoms with van der Waals surface area (Å²) in [4.78, 5) is 38.6. The van der Waals surface area contributed by atoms with Gasteiger partial charge in [0.1, 0.15) is 0 Å². The Morgan fingerprint density at radius 2 is 1.83 bits per heavy atom. The average Bonchev–Trinajstić information content (AvgIpc) is 2.91. The highest BCUT2D eigenvalue weighted by Gasteiger charge is 2.71. The normalized spacial score (nSPS) is 35.3. The van der Waals surface area contributed by atoms with Crippen LogP contribution in [0.2, 0.25) is 0 Å². The van der Waals surface area contributed by atoms with Gasteiger partial charge in [0, 0.05) is 0 Å². The molecule has 24 heavy (non-hydrogen) atoms. The van der Waals surface area contributed by atoms with Crippen molar-refractivity contribution in [3.05, 3.63) is 12.2 Å². The van der Waals surface area contributed by atoms with Gasteiger partial charge in [-0.15, -0.1) is 0 Å². The van der Waals surface area contributed by atoms with Gasteiger partial charge < -0.3 is 10.4 Å². The van der Waals surface area contributed by atoms with E-state index in [-0.39, 0.29) is 11.9 Å². The SMILES string of the molecule is O=C1NC2(C(=O)O)C(=O)C2C=CCCCCCCCN2CCCC12. The second kappa shape index (κ2) is 7.05. The maximum absolute atomic E-state index is 12.6. The van der Waals surface area contributed by atoms with Crippen molar-refractivity contribution >= 4 is 17.7 Å². The smallest absolute Gasteiger partial charge is 0.338 e. The zero-order valence-electron chi connectivity index (χ0n) is 14.0. The van der Waals surface area contributed by atoms with E-state index in [1.54, 1.807) is 6.08 Å². The molecule has 0 radical (unpaired) electrons. The van der Waals surface area contributed by atoms with Crippen molar-refractivity contribution in [2.75, 3.05) is 13.1 Å². The quantitative estimate of drug-likeness (QED) is 0.560. The highest BCUT2D eigenvalue weighted by molar-refractivity contribution is 6.27. The second-order valence-electron chi connectivity index (χ2n) is 7.12. The number of ketones is 1. The van der Waals surface area contributed by atoms with Crippen LogP contribution in [0.5, 0.6) is 0 Å². The van der Waals surface area contributed by atoms with E-state index < -0.39 is 23.2 Å². The molecule has 0 aromatic heterocycles. The van der Waals surface area contributed by atoms with E-state index >= 15 is 0 Å². The van der Waals surface area contributed by atoms with Crippen LogP contribution in [0.4, 0.5) is 0 Å². The van der Waals surface area contributed by atoms with Crippen LogP contribution in [0, 0.1) is 5.92 Å². The van der Waals surface area contributed by atoms with Gasteiger partial charge in [0.05, 0.1) is 12.0 Å². The van der Waals surface area contributed by atoms with E-state index in [4.69, 9.17) is 0 Å². The molecule has 3 atom stereocenters. The van der Waals surface area contributed by atoms with Gasteiger partial charge in [0.2, 0.25) is 11.4 Å². The first-order valence-corrected chi connectivity index (χ1v) is 9.08. The van der Waals surface area contributed by atoms with Crippen molar-refractivity contribution in [1.82, 2.24) is 10.2 Å². The van der Waals surface area contributed by atoms with Gasteiger partial charge in [-0.05, 0) is 45.2 Å². The van der Waals surface area contributed by atoms with Crippen LogP contribution in [0.15, 0.2) is 12.2 Å². The Kier molecular flexibility index (Phi) is 5.04. The summed E-state index contributed by atoms with van der Waals surface area (Å²) in [5, 5.41) is 12.1. The Morgan fingerprint density at radius 3 is 2.62 bits per heavy atom. The van der Waals surface area contributed by atoms with Crippen LogP contribution in [-0.4, -0.2) is 52.3 Å². The fraction of sp³-hybridized carbons (Fsp3) is 0.722. The lowest BCUT2D eigenvalue weighted by Gasteiger charge is -2.25. The number of hydrogen-bond donors (Lipinski definition) is 2. The number of fused-ring (bicyclic) bond motifs is 2. The van der Waals surface area contributed by atoms with E-state index in [1.165, 1.54) is 6.42 Å². The largest absolute Gasteiger partial charge is 0.479 e. The fourth-order valence-electron chi connectivity index (χ4n) is 4.00. The maximum atomic E-state index is 12.6. The molecule has 2 fully saturated rings. The number of aliphatic carboxylic acids is 1. The third-order valence-corrected chi connectivity index (χ3v) is 5.52. The number of nitrogens with one attached hydrogen (secondary N) is 1. The number of Topliss-reactive ketones (excluding diaryl/α,β-unsaturated/α-hetero) is 1. The molecule has 0 aromatic rings. The van der Waals surface area contributed by atoms with Crippen LogP contribution in [0.1, 0.15) is 51.4 Å². The topological polar surface area (TPSA) is 86.7 Å². The predicted molar refractivity (Wildman–Crippen MR) is 88.4 cm³/mol. The summed E-state index contributed by atoms with van der Waals surface area (Å²) < 4.78 is 0. The molecule has 1 saturated carbocycles.